The van der Waals surface area contributed by atoms with Gasteiger partial charge in [-0.15, -0.1) is 10.2 Å². The normalized spacial score (nSPS) is 21.3. The van der Waals surface area contributed by atoms with Gasteiger partial charge in [0.25, 0.3) is 0 Å². The first-order valence-corrected chi connectivity index (χ1v) is 11.4. The quantitative estimate of drug-likeness (QED) is 0.665. The fourth-order valence-corrected chi connectivity index (χ4v) is 6.00. The summed E-state index contributed by atoms with van der Waals surface area (Å²) in [5, 5.41) is 8.30. The van der Waals surface area contributed by atoms with Gasteiger partial charge in [0.1, 0.15) is 12.2 Å². The van der Waals surface area contributed by atoms with Crippen LogP contribution in [0.3, 0.4) is 0 Å². The lowest BCUT2D eigenvalue weighted by Gasteiger charge is -2.24. The van der Waals surface area contributed by atoms with E-state index >= 15 is 0 Å². The van der Waals surface area contributed by atoms with Crippen LogP contribution in [-0.4, -0.2) is 40.1 Å². The fraction of sp³-hybridized carbons (Fsp3) is 0.556. The monoisotopic (exact) mass is 438 g/mol. The summed E-state index contributed by atoms with van der Waals surface area (Å²) >= 11 is 3.37. The van der Waals surface area contributed by atoms with Crippen molar-refractivity contribution in [3.63, 3.8) is 0 Å². The van der Waals surface area contributed by atoms with Crippen LogP contribution in [0.4, 0.5) is 0 Å². The van der Waals surface area contributed by atoms with Crippen LogP contribution in [0.1, 0.15) is 37.9 Å². The molecular weight excluding hydrogens is 416 g/mol. The van der Waals surface area contributed by atoms with E-state index in [1.54, 1.807) is 28.8 Å². The van der Waals surface area contributed by atoms with Crippen LogP contribution in [0.2, 0.25) is 0 Å². The lowest BCUT2D eigenvalue weighted by Crippen LogP contribution is -2.36. The molecule has 0 N–H and O–H groups in total. The van der Waals surface area contributed by atoms with Crippen molar-refractivity contribution in [2.75, 3.05) is 6.54 Å². The van der Waals surface area contributed by atoms with Crippen molar-refractivity contribution >= 4 is 26.0 Å². The van der Waals surface area contributed by atoms with Crippen molar-refractivity contribution in [3.8, 4) is 0 Å². The third-order valence-corrected chi connectivity index (χ3v) is 7.72. The van der Waals surface area contributed by atoms with Gasteiger partial charge in [-0.1, -0.05) is 22.0 Å². The maximum absolute atomic E-state index is 13.1. The van der Waals surface area contributed by atoms with Crippen molar-refractivity contribution in [2.45, 2.75) is 56.0 Å². The lowest BCUT2D eigenvalue weighted by molar-refractivity contribution is 0.366. The highest BCUT2D eigenvalue weighted by Crippen LogP contribution is 2.32. The van der Waals surface area contributed by atoms with E-state index in [0.717, 1.165) is 48.4 Å². The average molecular weight is 439 g/mol. The minimum atomic E-state index is -3.46. The lowest BCUT2D eigenvalue weighted by atomic mass is 10.1. The number of benzene rings is 1. The molecule has 2 fully saturated rings. The van der Waals surface area contributed by atoms with Crippen LogP contribution >= 0.6 is 15.9 Å². The van der Waals surface area contributed by atoms with Crippen LogP contribution in [0.25, 0.3) is 0 Å². The summed E-state index contributed by atoms with van der Waals surface area (Å²) in [4.78, 5) is 0.357. The number of rotatable bonds is 7. The second-order valence-corrected chi connectivity index (χ2v) is 10.1. The topological polar surface area (TPSA) is 68.1 Å². The van der Waals surface area contributed by atoms with Gasteiger partial charge in [-0.2, -0.15) is 4.31 Å². The summed E-state index contributed by atoms with van der Waals surface area (Å²) in [5.41, 5.74) is 0. The van der Waals surface area contributed by atoms with Crippen LogP contribution in [-0.2, 0) is 23.0 Å². The Morgan fingerprint density at radius 3 is 2.85 bits per heavy atom. The molecule has 1 aliphatic carbocycles. The van der Waals surface area contributed by atoms with E-state index in [9.17, 15) is 8.42 Å². The van der Waals surface area contributed by atoms with Crippen molar-refractivity contribution < 1.29 is 8.42 Å². The molecule has 0 amide bonds. The summed E-state index contributed by atoms with van der Waals surface area (Å²) in [6, 6.07) is 6.99. The standard InChI is InChI=1S/C18H23BrN4O2S/c19-15-3-1-5-17(11-15)26(24,25)23-10-2-4-16(23)8-9-18-21-20-13-22(18)12-14-6-7-14/h1,3,5,11,13-14,16H,2,4,6-10,12H2. The predicted molar refractivity (Wildman–Crippen MR) is 102 cm³/mol. The molecule has 2 heterocycles. The molecule has 4 rings (SSSR count). The molecule has 140 valence electrons. The highest BCUT2D eigenvalue weighted by Gasteiger charge is 2.35. The molecule has 1 unspecified atom stereocenters. The maximum Gasteiger partial charge on any atom is 0.243 e. The van der Waals surface area contributed by atoms with Gasteiger partial charge in [0.15, 0.2) is 0 Å². The van der Waals surface area contributed by atoms with E-state index in [-0.39, 0.29) is 6.04 Å². The number of sulfonamides is 1. The van der Waals surface area contributed by atoms with Gasteiger partial charge in [-0.25, -0.2) is 8.42 Å². The van der Waals surface area contributed by atoms with E-state index in [4.69, 9.17) is 0 Å². The molecular formula is C18H23BrN4O2S. The molecule has 8 heteroatoms. The van der Waals surface area contributed by atoms with Gasteiger partial charge in [0.05, 0.1) is 4.90 Å². The van der Waals surface area contributed by atoms with E-state index in [2.05, 4.69) is 30.7 Å². The van der Waals surface area contributed by atoms with Crippen LogP contribution in [0.15, 0.2) is 40.0 Å². The Morgan fingerprint density at radius 1 is 1.23 bits per heavy atom. The minimum absolute atomic E-state index is 0.0325. The van der Waals surface area contributed by atoms with Crippen molar-refractivity contribution in [1.82, 2.24) is 19.1 Å². The Labute approximate surface area is 162 Å². The largest absolute Gasteiger partial charge is 0.317 e. The second-order valence-electron chi connectivity index (χ2n) is 7.25. The minimum Gasteiger partial charge on any atom is -0.317 e. The van der Waals surface area contributed by atoms with E-state index in [1.165, 1.54) is 12.8 Å². The van der Waals surface area contributed by atoms with Crippen LogP contribution in [0, 0.1) is 5.92 Å². The first kappa shape index (κ1) is 18.1. The first-order chi connectivity index (χ1) is 12.5. The fourth-order valence-electron chi connectivity index (χ4n) is 3.68. The molecule has 1 aromatic carbocycles. The Balaban J connectivity index is 1.46. The molecule has 1 saturated heterocycles. The zero-order chi connectivity index (χ0) is 18.1. The molecule has 1 aromatic heterocycles. The molecule has 26 heavy (non-hydrogen) atoms. The zero-order valence-electron chi connectivity index (χ0n) is 14.6. The van der Waals surface area contributed by atoms with E-state index < -0.39 is 10.0 Å². The van der Waals surface area contributed by atoms with Gasteiger partial charge in [0, 0.05) is 30.0 Å². The van der Waals surface area contributed by atoms with E-state index in [0.29, 0.717) is 11.4 Å². The highest BCUT2D eigenvalue weighted by molar-refractivity contribution is 9.10. The average Bonchev–Trinajstić information content (AvgIpc) is 3.12. The third kappa shape index (κ3) is 3.87. The summed E-state index contributed by atoms with van der Waals surface area (Å²) < 4.78 is 30.7. The number of aryl methyl sites for hydroxylation is 1. The molecule has 1 atom stereocenters. The Kier molecular flexibility index (Phi) is 5.16. The summed E-state index contributed by atoms with van der Waals surface area (Å²) in [6.45, 7) is 1.58. The first-order valence-electron chi connectivity index (χ1n) is 9.18. The number of halogens is 1. The second kappa shape index (κ2) is 7.40. The molecule has 6 nitrogen and oxygen atoms in total. The number of hydrogen-bond acceptors (Lipinski definition) is 4. The van der Waals surface area contributed by atoms with Gasteiger partial charge in [-0.3, -0.25) is 0 Å². The molecule has 1 aliphatic heterocycles. The Morgan fingerprint density at radius 2 is 2.08 bits per heavy atom. The van der Waals surface area contributed by atoms with Gasteiger partial charge < -0.3 is 4.57 Å². The molecule has 0 bridgehead atoms. The predicted octanol–water partition coefficient (Wildman–Crippen LogP) is 3.24. The SMILES string of the molecule is O=S(=O)(c1cccc(Br)c1)N1CCCC1CCc1nncn1CC1CC1. The van der Waals surface area contributed by atoms with Crippen molar-refractivity contribution in [1.29, 1.82) is 0 Å². The molecule has 2 aliphatic rings. The summed E-state index contributed by atoms with van der Waals surface area (Å²) in [6.07, 6.45) is 7.76. The zero-order valence-corrected chi connectivity index (χ0v) is 17.0. The van der Waals surface area contributed by atoms with E-state index in [1.807, 2.05) is 6.07 Å². The molecule has 1 saturated carbocycles. The Bertz CT molecular complexity index is 879. The van der Waals surface area contributed by atoms with Crippen molar-refractivity contribution in [3.05, 3.63) is 40.9 Å². The number of aromatic nitrogens is 3. The highest BCUT2D eigenvalue weighted by atomic mass is 79.9. The molecule has 0 spiro atoms. The van der Waals surface area contributed by atoms with Gasteiger partial charge in [0.2, 0.25) is 10.0 Å². The smallest absolute Gasteiger partial charge is 0.243 e. The Hall–Kier alpha value is -1.25. The third-order valence-electron chi connectivity index (χ3n) is 5.27. The van der Waals surface area contributed by atoms with Crippen molar-refractivity contribution in [2.24, 2.45) is 5.92 Å². The van der Waals surface area contributed by atoms with Gasteiger partial charge >= 0.3 is 0 Å². The van der Waals surface area contributed by atoms with Gasteiger partial charge in [-0.05, 0) is 56.2 Å². The number of hydrogen-bond donors (Lipinski definition) is 0. The molecule has 2 aromatic rings. The number of nitrogens with zero attached hydrogens (tertiary/aromatic N) is 4. The van der Waals surface area contributed by atoms with Crippen LogP contribution < -0.4 is 0 Å². The summed E-state index contributed by atoms with van der Waals surface area (Å²) in [7, 11) is -3.46. The molecule has 0 radical (unpaired) electrons. The maximum atomic E-state index is 13.1. The van der Waals surface area contributed by atoms with Crippen LogP contribution in [0.5, 0.6) is 0 Å². The summed E-state index contributed by atoms with van der Waals surface area (Å²) in [5.74, 6) is 1.74.